The van der Waals surface area contributed by atoms with E-state index in [2.05, 4.69) is 4.57 Å². The maximum atomic E-state index is 12.3. The summed E-state index contributed by atoms with van der Waals surface area (Å²) >= 11 is 0. The number of ether oxygens (including phenoxy) is 2. The van der Waals surface area contributed by atoms with Crippen molar-refractivity contribution in [1.29, 1.82) is 0 Å². The highest BCUT2D eigenvalue weighted by Gasteiger charge is 2.19. The number of ketones is 1. The highest BCUT2D eigenvalue weighted by atomic mass is 16.5. The second-order valence-corrected chi connectivity index (χ2v) is 5.89. The summed E-state index contributed by atoms with van der Waals surface area (Å²) in [4.78, 5) is 12.3. The maximum Gasteiger partial charge on any atom is 0.162 e. The van der Waals surface area contributed by atoms with Crippen LogP contribution in [-0.4, -0.2) is 23.6 Å². The van der Waals surface area contributed by atoms with Gasteiger partial charge < -0.3 is 14.0 Å². The lowest BCUT2D eigenvalue weighted by molar-refractivity contribution is 0.101. The van der Waals surface area contributed by atoms with Crippen molar-refractivity contribution in [3.05, 3.63) is 53.7 Å². The van der Waals surface area contributed by atoms with Gasteiger partial charge in [-0.3, -0.25) is 4.79 Å². The zero-order valence-corrected chi connectivity index (χ0v) is 15.1. The van der Waals surface area contributed by atoms with Crippen LogP contribution in [0.25, 0.3) is 16.6 Å². The Labute approximate surface area is 148 Å². The van der Waals surface area contributed by atoms with E-state index in [1.807, 2.05) is 63.2 Å². The van der Waals surface area contributed by atoms with Gasteiger partial charge >= 0.3 is 0 Å². The standard InChI is InChI=1S/C21H23NO3/c1-5-24-17-9-7-16(8-10-17)22-14(3)21(15(4)23)19-13-18(25-6-2)11-12-20(19)22/h7-13H,5-6H2,1-4H3. The van der Waals surface area contributed by atoms with Crippen molar-refractivity contribution in [3.8, 4) is 17.2 Å². The maximum absolute atomic E-state index is 12.3. The van der Waals surface area contributed by atoms with Crippen LogP contribution in [-0.2, 0) is 0 Å². The summed E-state index contributed by atoms with van der Waals surface area (Å²) in [5.41, 5.74) is 3.67. The van der Waals surface area contributed by atoms with Gasteiger partial charge in [-0.1, -0.05) is 0 Å². The van der Waals surface area contributed by atoms with Gasteiger partial charge in [0.25, 0.3) is 0 Å². The van der Waals surface area contributed by atoms with Crippen molar-refractivity contribution in [2.24, 2.45) is 0 Å². The zero-order chi connectivity index (χ0) is 18.0. The second kappa shape index (κ2) is 7.01. The summed E-state index contributed by atoms with van der Waals surface area (Å²) in [6.45, 7) is 8.74. The molecule has 4 nitrogen and oxygen atoms in total. The molecule has 0 saturated carbocycles. The summed E-state index contributed by atoms with van der Waals surface area (Å²) in [5.74, 6) is 1.67. The number of hydrogen-bond donors (Lipinski definition) is 0. The first kappa shape index (κ1) is 17.1. The number of fused-ring (bicyclic) bond motifs is 1. The van der Waals surface area contributed by atoms with Gasteiger partial charge in [-0.05, 0) is 70.2 Å². The fourth-order valence-corrected chi connectivity index (χ4v) is 3.29. The number of Topliss-reactive ketones (excluding diaryl/α,β-unsaturated/α-hetero) is 1. The first-order valence-electron chi connectivity index (χ1n) is 8.58. The van der Waals surface area contributed by atoms with Crippen LogP contribution in [0.3, 0.4) is 0 Å². The molecule has 0 fully saturated rings. The van der Waals surface area contributed by atoms with E-state index in [1.54, 1.807) is 6.92 Å². The molecule has 2 aromatic carbocycles. The quantitative estimate of drug-likeness (QED) is 0.598. The Bertz CT molecular complexity index is 907. The van der Waals surface area contributed by atoms with Crippen LogP contribution in [0.1, 0.15) is 36.8 Å². The minimum atomic E-state index is 0.0563. The van der Waals surface area contributed by atoms with E-state index in [0.717, 1.165) is 39.3 Å². The number of hydrogen-bond acceptors (Lipinski definition) is 3. The van der Waals surface area contributed by atoms with Gasteiger partial charge in [0.2, 0.25) is 0 Å². The molecule has 0 bridgehead atoms. The number of nitrogens with zero attached hydrogens (tertiary/aromatic N) is 1. The second-order valence-electron chi connectivity index (χ2n) is 5.89. The van der Waals surface area contributed by atoms with E-state index < -0.39 is 0 Å². The Balaban J connectivity index is 2.20. The van der Waals surface area contributed by atoms with Crippen LogP contribution in [0.5, 0.6) is 11.5 Å². The third-order valence-electron chi connectivity index (χ3n) is 4.24. The SMILES string of the molecule is CCOc1ccc(-n2c(C)c(C(C)=O)c3cc(OCC)ccc32)cc1. The molecule has 0 saturated heterocycles. The molecule has 0 N–H and O–H groups in total. The predicted molar refractivity (Wildman–Crippen MR) is 100 cm³/mol. The van der Waals surface area contributed by atoms with Crippen molar-refractivity contribution in [2.75, 3.05) is 13.2 Å². The predicted octanol–water partition coefficient (Wildman–Crippen LogP) is 4.94. The molecule has 1 heterocycles. The Hall–Kier alpha value is -2.75. The molecule has 25 heavy (non-hydrogen) atoms. The fraction of sp³-hybridized carbons (Fsp3) is 0.286. The monoisotopic (exact) mass is 337 g/mol. The number of benzene rings is 2. The molecule has 4 heteroatoms. The van der Waals surface area contributed by atoms with Crippen LogP contribution >= 0.6 is 0 Å². The number of rotatable bonds is 6. The van der Waals surface area contributed by atoms with Crippen LogP contribution in [0.15, 0.2) is 42.5 Å². The Morgan fingerprint density at radius 1 is 0.960 bits per heavy atom. The molecule has 3 rings (SSSR count). The van der Waals surface area contributed by atoms with Crippen molar-refractivity contribution >= 4 is 16.7 Å². The van der Waals surface area contributed by atoms with Crippen molar-refractivity contribution in [3.63, 3.8) is 0 Å². The molecule has 1 aromatic heterocycles. The van der Waals surface area contributed by atoms with Gasteiger partial charge in [-0.25, -0.2) is 0 Å². The largest absolute Gasteiger partial charge is 0.494 e. The Kier molecular flexibility index (Phi) is 4.79. The van der Waals surface area contributed by atoms with E-state index in [-0.39, 0.29) is 5.78 Å². The first-order valence-corrected chi connectivity index (χ1v) is 8.58. The number of carbonyl (C=O) groups is 1. The molecule has 130 valence electrons. The summed E-state index contributed by atoms with van der Waals surface area (Å²) < 4.78 is 13.2. The van der Waals surface area contributed by atoms with Crippen LogP contribution in [0.2, 0.25) is 0 Å². The van der Waals surface area contributed by atoms with E-state index >= 15 is 0 Å². The van der Waals surface area contributed by atoms with Crippen LogP contribution in [0.4, 0.5) is 0 Å². The van der Waals surface area contributed by atoms with E-state index in [9.17, 15) is 4.79 Å². The topological polar surface area (TPSA) is 40.5 Å². The average molecular weight is 337 g/mol. The summed E-state index contributed by atoms with van der Waals surface area (Å²) in [6.07, 6.45) is 0. The van der Waals surface area contributed by atoms with E-state index in [0.29, 0.717) is 13.2 Å². The summed E-state index contributed by atoms with van der Waals surface area (Å²) in [7, 11) is 0. The molecule has 0 unspecified atom stereocenters. The Morgan fingerprint density at radius 3 is 2.16 bits per heavy atom. The fourth-order valence-electron chi connectivity index (χ4n) is 3.29. The molecule has 0 aliphatic carbocycles. The number of carbonyl (C=O) groups excluding carboxylic acids is 1. The third kappa shape index (κ3) is 3.12. The van der Waals surface area contributed by atoms with Crippen molar-refractivity contribution in [1.82, 2.24) is 4.57 Å². The minimum Gasteiger partial charge on any atom is -0.494 e. The lowest BCUT2D eigenvalue weighted by atomic mass is 10.1. The van der Waals surface area contributed by atoms with Gasteiger partial charge in [0, 0.05) is 22.3 Å². The summed E-state index contributed by atoms with van der Waals surface area (Å²) in [5, 5.41) is 0.921. The first-order chi connectivity index (χ1) is 12.1. The van der Waals surface area contributed by atoms with Crippen molar-refractivity contribution < 1.29 is 14.3 Å². The van der Waals surface area contributed by atoms with Gasteiger partial charge in [-0.15, -0.1) is 0 Å². The van der Waals surface area contributed by atoms with Gasteiger partial charge in [0.1, 0.15) is 11.5 Å². The summed E-state index contributed by atoms with van der Waals surface area (Å²) in [6, 6.07) is 13.8. The molecule has 3 aromatic rings. The van der Waals surface area contributed by atoms with E-state index in [1.165, 1.54) is 0 Å². The third-order valence-corrected chi connectivity index (χ3v) is 4.24. The smallest absolute Gasteiger partial charge is 0.162 e. The molecule has 0 aliphatic heterocycles. The lowest BCUT2D eigenvalue weighted by Gasteiger charge is -2.10. The van der Waals surface area contributed by atoms with Crippen LogP contribution < -0.4 is 9.47 Å². The van der Waals surface area contributed by atoms with E-state index in [4.69, 9.17) is 9.47 Å². The highest BCUT2D eigenvalue weighted by molar-refractivity contribution is 6.09. The molecule has 0 amide bonds. The molecule has 0 aliphatic rings. The lowest BCUT2D eigenvalue weighted by Crippen LogP contribution is -2.00. The molecule has 0 radical (unpaired) electrons. The Morgan fingerprint density at radius 2 is 1.56 bits per heavy atom. The molecule has 0 spiro atoms. The molecular formula is C21H23NO3. The molecular weight excluding hydrogens is 314 g/mol. The van der Waals surface area contributed by atoms with Gasteiger partial charge in [-0.2, -0.15) is 0 Å². The number of aromatic nitrogens is 1. The normalized spacial score (nSPS) is 10.9. The highest BCUT2D eigenvalue weighted by Crippen LogP contribution is 2.32. The zero-order valence-electron chi connectivity index (χ0n) is 15.1. The van der Waals surface area contributed by atoms with Crippen molar-refractivity contribution in [2.45, 2.75) is 27.7 Å². The van der Waals surface area contributed by atoms with Crippen LogP contribution in [0, 0.1) is 6.92 Å². The molecule has 0 atom stereocenters. The van der Waals surface area contributed by atoms with Gasteiger partial charge in [0.15, 0.2) is 5.78 Å². The van der Waals surface area contributed by atoms with Gasteiger partial charge in [0.05, 0.1) is 18.7 Å². The average Bonchev–Trinajstić information content (AvgIpc) is 2.87. The minimum absolute atomic E-state index is 0.0563.